The highest BCUT2D eigenvalue weighted by Crippen LogP contribution is 2.32. The van der Waals surface area contributed by atoms with Crippen molar-refractivity contribution in [2.24, 2.45) is 0 Å². The van der Waals surface area contributed by atoms with Crippen molar-refractivity contribution in [3.63, 3.8) is 0 Å². The van der Waals surface area contributed by atoms with Gasteiger partial charge in [0.2, 0.25) is 0 Å². The van der Waals surface area contributed by atoms with Crippen molar-refractivity contribution in [1.29, 1.82) is 0 Å². The molecule has 4 nitrogen and oxygen atoms in total. The lowest BCUT2D eigenvalue weighted by Gasteiger charge is -2.09. The zero-order chi connectivity index (χ0) is 22.9. The molecule has 5 heteroatoms. The van der Waals surface area contributed by atoms with Crippen LogP contribution in [0.1, 0.15) is 13.8 Å². The fraction of sp³-hybridized carbons (Fsp3) is 0.143. The first-order valence-corrected chi connectivity index (χ1v) is 11.7. The van der Waals surface area contributed by atoms with E-state index in [1.807, 2.05) is 86.6 Å². The van der Waals surface area contributed by atoms with Crippen LogP contribution in [0.3, 0.4) is 0 Å². The normalized spacial score (nSPS) is 10.5. The van der Waals surface area contributed by atoms with E-state index >= 15 is 0 Å². The first-order chi connectivity index (χ1) is 16.2. The van der Waals surface area contributed by atoms with Crippen LogP contribution in [0.4, 0.5) is 0 Å². The summed E-state index contributed by atoms with van der Waals surface area (Å²) in [7, 11) is 0. The van der Waals surface area contributed by atoms with E-state index in [4.69, 9.17) is 18.9 Å². The van der Waals surface area contributed by atoms with Gasteiger partial charge in [-0.2, -0.15) is 0 Å². The molecule has 0 N–H and O–H groups in total. The summed E-state index contributed by atoms with van der Waals surface area (Å²) in [6.45, 7) is 5.24. The topological polar surface area (TPSA) is 36.9 Å². The van der Waals surface area contributed by atoms with Crippen molar-refractivity contribution in [2.75, 3.05) is 13.2 Å². The predicted octanol–water partition coefficient (Wildman–Crippen LogP) is 8.22. The number of ether oxygens (including phenoxy) is 4. The smallest absolute Gasteiger partial charge is 0.127 e. The Labute approximate surface area is 199 Å². The molecule has 0 fully saturated rings. The first kappa shape index (κ1) is 22.6. The fourth-order valence-corrected chi connectivity index (χ4v) is 3.92. The van der Waals surface area contributed by atoms with Gasteiger partial charge in [0.05, 0.1) is 13.2 Å². The molecule has 4 aromatic carbocycles. The van der Waals surface area contributed by atoms with Crippen LogP contribution in [0, 0.1) is 0 Å². The van der Waals surface area contributed by atoms with Gasteiger partial charge in [-0.25, -0.2) is 0 Å². The SMILES string of the molecule is CCOc1ccc(Oc2ccc(Sc3ccc(Oc4ccc(OCC)cc4)cc3)cc2)cc1. The summed E-state index contributed by atoms with van der Waals surface area (Å²) in [6.07, 6.45) is 0. The second-order valence-electron chi connectivity index (χ2n) is 7.06. The van der Waals surface area contributed by atoms with Crippen LogP contribution in [0.2, 0.25) is 0 Å². The van der Waals surface area contributed by atoms with Crippen molar-refractivity contribution in [2.45, 2.75) is 23.6 Å². The largest absolute Gasteiger partial charge is 0.494 e. The minimum atomic E-state index is 0.651. The van der Waals surface area contributed by atoms with E-state index in [0.29, 0.717) is 13.2 Å². The van der Waals surface area contributed by atoms with Gasteiger partial charge in [-0.15, -0.1) is 0 Å². The maximum atomic E-state index is 5.92. The van der Waals surface area contributed by atoms with Gasteiger partial charge in [-0.3, -0.25) is 0 Å². The van der Waals surface area contributed by atoms with Crippen LogP contribution >= 0.6 is 11.8 Å². The Bertz CT molecular complexity index is 1030. The van der Waals surface area contributed by atoms with Crippen molar-refractivity contribution in [3.05, 3.63) is 97.1 Å². The summed E-state index contributed by atoms with van der Waals surface area (Å²) in [5, 5.41) is 0. The van der Waals surface area contributed by atoms with E-state index in [9.17, 15) is 0 Å². The number of hydrogen-bond donors (Lipinski definition) is 0. The van der Waals surface area contributed by atoms with Gasteiger partial charge in [-0.1, -0.05) is 11.8 Å². The van der Waals surface area contributed by atoms with Crippen molar-refractivity contribution in [3.8, 4) is 34.5 Å². The molecule has 0 aliphatic rings. The summed E-state index contributed by atoms with van der Waals surface area (Å²) >= 11 is 1.69. The van der Waals surface area contributed by atoms with Crippen molar-refractivity contribution < 1.29 is 18.9 Å². The van der Waals surface area contributed by atoms with Crippen LogP contribution in [0.5, 0.6) is 34.5 Å². The van der Waals surface area contributed by atoms with Gasteiger partial charge in [0, 0.05) is 9.79 Å². The Morgan fingerprint density at radius 1 is 0.424 bits per heavy atom. The Hall–Kier alpha value is -3.57. The van der Waals surface area contributed by atoms with Crippen LogP contribution in [0.15, 0.2) is 107 Å². The molecule has 0 aliphatic heterocycles. The molecule has 0 spiro atoms. The van der Waals surface area contributed by atoms with E-state index in [1.165, 1.54) is 0 Å². The average Bonchev–Trinajstić information content (AvgIpc) is 2.84. The minimum absolute atomic E-state index is 0.651. The quantitative estimate of drug-likeness (QED) is 0.239. The molecule has 4 rings (SSSR count). The third kappa shape index (κ3) is 6.70. The fourth-order valence-electron chi connectivity index (χ4n) is 3.10. The van der Waals surface area contributed by atoms with E-state index < -0.39 is 0 Å². The second kappa shape index (κ2) is 11.3. The van der Waals surface area contributed by atoms with Gasteiger partial charge in [-0.05, 0) is 111 Å². The van der Waals surface area contributed by atoms with Crippen molar-refractivity contribution in [1.82, 2.24) is 0 Å². The zero-order valence-electron chi connectivity index (χ0n) is 18.7. The van der Waals surface area contributed by atoms with Crippen LogP contribution in [0.25, 0.3) is 0 Å². The molecule has 0 atom stereocenters. The van der Waals surface area contributed by atoms with E-state index in [0.717, 1.165) is 44.3 Å². The van der Waals surface area contributed by atoms with Crippen LogP contribution < -0.4 is 18.9 Å². The molecule has 0 aliphatic carbocycles. The highest BCUT2D eigenvalue weighted by Gasteiger charge is 2.03. The van der Waals surface area contributed by atoms with Gasteiger partial charge in [0.1, 0.15) is 34.5 Å². The van der Waals surface area contributed by atoms with Crippen LogP contribution in [-0.4, -0.2) is 13.2 Å². The lowest BCUT2D eigenvalue weighted by molar-refractivity contribution is 0.339. The third-order valence-corrected chi connectivity index (χ3v) is 5.64. The molecule has 33 heavy (non-hydrogen) atoms. The summed E-state index contributed by atoms with van der Waals surface area (Å²) in [4.78, 5) is 2.27. The Morgan fingerprint density at radius 3 is 1.00 bits per heavy atom. The van der Waals surface area contributed by atoms with Gasteiger partial charge in [0.25, 0.3) is 0 Å². The first-order valence-electron chi connectivity index (χ1n) is 10.9. The molecular formula is C28H26O4S. The highest BCUT2D eigenvalue weighted by atomic mass is 32.2. The molecule has 0 saturated heterocycles. The standard InChI is InChI=1S/C28H26O4S/c1-3-29-21-5-9-23(10-6-21)31-25-13-17-27(18-14-25)33-28-19-15-26(16-20-28)32-24-11-7-22(8-12-24)30-4-2/h5-20H,3-4H2,1-2H3. The maximum Gasteiger partial charge on any atom is 0.127 e. The molecular weight excluding hydrogens is 432 g/mol. The lowest BCUT2D eigenvalue weighted by atomic mass is 10.3. The molecule has 0 saturated carbocycles. The summed E-state index contributed by atoms with van der Waals surface area (Å²) in [6, 6.07) is 31.4. The van der Waals surface area contributed by atoms with Gasteiger partial charge < -0.3 is 18.9 Å². The summed E-state index contributed by atoms with van der Waals surface area (Å²) in [5.74, 6) is 4.83. The van der Waals surface area contributed by atoms with Gasteiger partial charge in [0.15, 0.2) is 0 Å². The summed E-state index contributed by atoms with van der Waals surface area (Å²) in [5.41, 5.74) is 0. The Kier molecular flexibility index (Phi) is 7.77. The zero-order valence-corrected chi connectivity index (χ0v) is 19.5. The Morgan fingerprint density at radius 2 is 0.697 bits per heavy atom. The second-order valence-corrected chi connectivity index (χ2v) is 8.20. The van der Waals surface area contributed by atoms with Crippen molar-refractivity contribution >= 4 is 11.8 Å². The molecule has 0 bridgehead atoms. The Balaban J connectivity index is 1.31. The van der Waals surface area contributed by atoms with E-state index in [2.05, 4.69) is 24.3 Å². The third-order valence-electron chi connectivity index (χ3n) is 4.62. The monoisotopic (exact) mass is 458 g/mol. The molecule has 168 valence electrons. The van der Waals surface area contributed by atoms with Crippen LogP contribution in [-0.2, 0) is 0 Å². The highest BCUT2D eigenvalue weighted by molar-refractivity contribution is 7.99. The average molecular weight is 459 g/mol. The number of rotatable bonds is 10. The van der Waals surface area contributed by atoms with E-state index in [1.54, 1.807) is 11.8 Å². The molecule has 0 aromatic heterocycles. The molecule has 0 heterocycles. The van der Waals surface area contributed by atoms with Gasteiger partial charge >= 0.3 is 0 Å². The predicted molar refractivity (Wildman–Crippen MR) is 132 cm³/mol. The molecule has 0 radical (unpaired) electrons. The molecule has 0 unspecified atom stereocenters. The number of benzene rings is 4. The maximum absolute atomic E-state index is 5.92. The van der Waals surface area contributed by atoms with E-state index in [-0.39, 0.29) is 0 Å². The minimum Gasteiger partial charge on any atom is -0.494 e. The molecule has 4 aromatic rings. The summed E-state index contributed by atoms with van der Waals surface area (Å²) < 4.78 is 22.8. The lowest BCUT2D eigenvalue weighted by Crippen LogP contribution is -1.91. The number of hydrogen-bond acceptors (Lipinski definition) is 5. The molecule has 0 amide bonds.